The van der Waals surface area contributed by atoms with E-state index in [1.54, 1.807) is 0 Å². The molecule has 6 rings (SSSR count). The number of Topliss-reactive ketones (excluding diaryl/α,β-unsaturated/α-hetero) is 1. The minimum atomic E-state index is -0.315. The van der Waals surface area contributed by atoms with Gasteiger partial charge in [-0.05, 0) is 58.5 Å². The molecule has 1 aliphatic carbocycles. The Morgan fingerprint density at radius 1 is 0.970 bits per heavy atom. The van der Waals surface area contributed by atoms with E-state index in [1.165, 1.54) is 10.8 Å². The number of carbonyl (C=O) groups excluding carboxylic acids is 1. The molecule has 0 spiro atoms. The van der Waals surface area contributed by atoms with Gasteiger partial charge in [0.05, 0.1) is 0 Å². The monoisotopic (exact) mass is 453 g/mol. The third-order valence-electron chi connectivity index (χ3n) is 6.76. The maximum atomic E-state index is 13.5. The number of ketones is 1. The van der Waals surface area contributed by atoms with Crippen molar-refractivity contribution >= 4 is 39.4 Å². The molecule has 3 aromatic carbocycles. The van der Waals surface area contributed by atoms with Crippen LogP contribution in [0.5, 0.6) is 0 Å². The second-order valence-corrected chi connectivity index (χ2v) is 10.3. The highest BCUT2D eigenvalue weighted by Gasteiger charge is 2.41. The van der Waals surface area contributed by atoms with E-state index in [9.17, 15) is 4.79 Å². The summed E-state index contributed by atoms with van der Waals surface area (Å²) in [4.78, 5) is 13.5. The van der Waals surface area contributed by atoms with Gasteiger partial charge in [0.25, 0.3) is 0 Å². The van der Waals surface area contributed by atoms with Crippen molar-refractivity contribution in [2.45, 2.75) is 32.7 Å². The normalized spacial score (nSPS) is 19.2. The van der Waals surface area contributed by atoms with Crippen LogP contribution in [0.4, 0.5) is 5.69 Å². The average molecular weight is 454 g/mol. The fourth-order valence-electron chi connectivity index (χ4n) is 5.36. The highest BCUT2D eigenvalue weighted by Crippen LogP contribution is 2.52. The van der Waals surface area contributed by atoms with Gasteiger partial charge < -0.3 is 9.73 Å². The van der Waals surface area contributed by atoms with Crippen LogP contribution < -0.4 is 5.32 Å². The molecule has 1 unspecified atom stereocenters. The lowest BCUT2D eigenvalue weighted by molar-refractivity contribution is -0.118. The zero-order chi connectivity index (χ0) is 22.7. The molecular weight excluding hydrogens is 430 g/mol. The Kier molecular flexibility index (Phi) is 4.53. The van der Waals surface area contributed by atoms with E-state index in [-0.39, 0.29) is 17.2 Å². The molecule has 4 heteroatoms. The lowest BCUT2D eigenvalue weighted by Crippen LogP contribution is -2.33. The molecule has 0 saturated heterocycles. The summed E-state index contributed by atoms with van der Waals surface area (Å²) in [6.07, 6.45) is 1.39. The molecule has 2 heterocycles. The number of anilines is 1. The molecule has 0 saturated carbocycles. The van der Waals surface area contributed by atoms with Crippen molar-refractivity contribution in [3.8, 4) is 11.3 Å². The van der Waals surface area contributed by atoms with Crippen molar-refractivity contribution in [2.75, 3.05) is 5.32 Å². The molecule has 4 aromatic rings. The number of hydrogen-bond acceptors (Lipinski definition) is 3. The van der Waals surface area contributed by atoms with Gasteiger partial charge in [0, 0.05) is 33.8 Å². The Balaban J connectivity index is 1.53. The van der Waals surface area contributed by atoms with Gasteiger partial charge in [-0.2, -0.15) is 0 Å². The smallest absolute Gasteiger partial charge is 0.162 e. The molecule has 0 radical (unpaired) electrons. The summed E-state index contributed by atoms with van der Waals surface area (Å²) in [6, 6.07) is 23.9. The number of furan rings is 1. The van der Waals surface area contributed by atoms with Crippen LogP contribution in [0.3, 0.4) is 0 Å². The van der Waals surface area contributed by atoms with Gasteiger partial charge in [-0.25, -0.2) is 0 Å². The number of halogens is 1. The standard InChI is InChI=1S/C29H24ClNO2/c1-29(2)15-21-26-20-9-4-3-6-17(20)10-11-22(26)31-28(27(21)23(32)16-29)25-13-12-24(33-25)18-7-5-8-19(30)14-18/h3-14,28,31H,15-16H2,1-2H3. The molecule has 1 aromatic heterocycles. The lowest BCUT2D eigenvalue weighted by atomic mass is 9.68. The number of benzene rings is 3. The first-order valence-corrected chi connectivity index (χ1v) is 11.7. The molecule has 33 heavy (non-hydrogen) atoms. The Labute approximate surface area is 198 Å². The Morgan fingerprint density at radius 3 is 2.67 bits per heavy atom. The van der Waals surface area contributed by atoms with E-state index < -0.39 is 0 Å². The van der Waals surface area contributed by atoms with Crippen LogP contribution in [0.1, 0.15) is 44.1 Å². The zero-order valence-corrected chi connectivity index (χ0v) is 19.4. The summed E-state index contributed by atoms with van der Waals surface area (Å²) in [5.74, 6) is 1.67. The van der Waals surface area contributed by atoms with Gasteiger partial charge in [-0.3, -0.25) is 4.79 Å². The van der Waals surface area contributed by atoms with E-state index in [1.807, 2.05) is 36.4 Å². The van der Waals surface area contributed by atoms with E-state index in [0.717, 1.165) is 45.9 Å². The molecule has 2 aliphatic rings. The van der Waals surface area contributed by atoms with Gasteiger partial charge in [0.15, 0.2) is 5.78 Å². The van der Waals surface area contributed by atoms with Crippen molar-refractivity contribution in [1.29, 1.82) is 0 Å². The summed E-state index contributed by atoms with van der Waals surface area (Å²) in [6.45, 7) is 4.36. The third-order valence-corrected chi connectivity index (χ3v) is 6.99. The van der Waals surface area contributed by atoms with Crippen molar-refractivity contribution in [3.63, 3.8) is 0 Å². The van der Waals surface area contributed by atoms with Crippen LogP contribution in [-0.4, -0.2) is 5.78 Å². The predicted octanol–water partition coefficient (Wildman–Crippen LogP) is 8.06. The third kappa shape index (κ3) is 3.39. The van der Waals surface area contributed by atoms with Crippen molar-refractivity contribution in [3.05, 3.63) is 94.7 Å². The van der Waals surface area contributed by atoms with E-state index in [0.29, 0.717) is 11.4 Å². The molecule has 0 fully saturated rings. The topological polar surface area (TPSA) is 42.2 Å². The molecule has 0 amide bonds. The Bertz CT molecular complexity index is 1460. The number of hydrogen-bond donors (Lipinski definition) is 1. The van der Waals surface area contributed by atoms with Crippen LogP contribution in [0.15, 0.2) is 82.8 Å². The average Bonchev–Trinajstić information content (AvgIpc) is 3.27. The van der Waals surface area contributed by atoms with Crippen LogP contribution in [0.25, 0.3) is 27.7 Å². The molecule has 1 aliphatic heterocycles. The molecule has 1 atom stereocenters. The first kappa shape index (κ1) is 20.3. The molecule has 164 valence electrons. The Morgan fingerprint density at radius 2 is 1.82 bits per heavy atom. The largest absolute Gasteiger partial charge is 0.459 e. The van der Waals surface area contributed by atoms with Gasteiger partial charge in [-0.1, -0.05) is 67.9 Å². The van der Waals surface area contributed by atoms with Crippen LogP contribution in [0, 0.1) is 5.41 Å². The van der Waals surface area contributed by atoms with Gasteiger partial charge in [0.2, 0.25) is 0 Å². The summed E-state index contributed by atoms with van der Waals surface area (Å²) in [5.41, 5.74) is 5.02. The van der Waals surface area contributed by atoms with Crippen LogP contribution >= 0.6 is 11.6 Å². The number of carbonyl (C=O) groups is 1. The van der Waals surface area contributed by atoms with Crippen LogP contribution in [-0.2, 0) is 4.79 Å². The van der Waals surface area contributed by atoms with Gasteiger partial charge >= 0.3 is 0 Å². The number of fused-ring (bicyclic) bond motifs is 4. The first-order valence-electron chi connectivity index (χ1n) is 11.3. The summed E-state index contributed by atoms with van der Waals surface area (Å²) < 4.78 is 6.31. The van der Waals surface area contributed by atoms with Crippen LogP contribution in [0.2, 0.25) is 5.02 Å². The molecule has 0 bridgehead atoms. The van der Waals surface area contributed by atoms with Crippen molar-refractivity contribution in [1.82, 2.24) is 0 Å². The quantitative estimate of drug-likeness (QED) is 0.333. The van der Waals surface area contributed by atoms with Gasteiger partial charge in [-0.15, -0.1) is 0 Å². The summed E-state index contributed by atoms with van der Waals surface area (Å²) >= 11 is 6.18. The molecule has 1 N–H and O–H groups in total. The van der Waals surface area contributed by atoms with E-state index in [4.69, 9.17) is 16.0 Å². The number of nitrogens with one attached hydrogen (secondary N) is 1. The molecular formula is C29H24ClNO2. The molecule has 3 nitrogen and oxygen atoms in total. The number of rotatable bonds is 2. The van der Waals surface area contributed by atoms with Crippen molar-refractivity contribution < 1.29 is 9.21 Å². The Hall–Kier alpha value is -3.30. The SMILES string of the molecule is CC1(C)CC(=O)C2=C(C1)c1c(ccc3ccccc13)NC2c1ccc(-c2cccc(Cl)c2)o1. The minimum absolute atomic E-state index is 0.0822. The second-order valence-electron chi connectivity index (χ2n) is 9.83. The summed E-state index contributed by atoms with van der Waals surface area (Å²) in [5, 5.41) is 6.66. The summed E-state index contributed by atoms with van der Waals surface area (Å²) in [7, 11) is 0. The highest BCUT2D eigenvalue weighted by atomic mass is 35.5. The van der Waals surface area contributed by atoms with E-state index >= 15 is 0 Å². The minimum Gasteiger partial charge on any atom is -0.459 e. The lowest BCUT2D eigenvalue weighted by Gasteiger charge is -2.39. The number of allylic oxidation sites excluding steroid dienone is 1. The highest BCUT2D eigenvalue weighted by molar-refractivity contribution is 6.30. The maximum Gasteiger partial charge on any atom is 0.162 e. The fraction of sp³-hybridized carbons (Fsp3) is 0.207. The predicted molar refractivity (Wildman–Crippen MR) is 134 cm³/mol. The zero-order valence-electron chi connectivity index (χ0n) is 18.6. The van der Waals surface area contributed by atoms with Crippen molar-refractivity contribution in [2.24, 2.45) is 5.41 Å². The van der Waals surface area contributed by atoms with Gasteiger partial charge in [0.1, 0.15) is 17.6 Å². The fourth-order valence-corrected chi connectivity index (χ4v) is 5.55. The van der Waals surface area contributed by atoms with E-state index in [2.05, 4.69) is 55.6 Å². The maximum absolute atomic E-state index is 13.5. The first-order chi connectivity index (χ1) is 15.9. The second kappa shape index (κ2) is 7.36.